The minimum Gasteiger partial charge on any atom is -0.467 e. The molecule has 2 aliphatic rings. The lowest BCUT2D eigenvalue weighted by Gasteiger charge is -2.58. The fourth-order valence-electron chi connectivity index (χ4n) is 6.43. The summed E-state index contributed by atoms with van der Waals surface area (Å²) in [5.74, 6) is -3.08. The molecule has 3 aromatic rings. The number of amides is 2. The minimum atomic E-state index is -0.980. The van der Waals surface area contributed by atoms with Crippen LogP contribution in [0.4, 0.5) is 13.9 Å². The van der Waals surface area contributed by atoms with Crippen molar-refractivity contribution in [1.82, 2.24) is 10.3 Å². The number of aliphatic hydroxyl groups is 2. The fraction of sp³-hybridized carbons (Fsp3) is 0.464. The second kappa shape index (κ2) is 10.4. The van der Waals surface area contributed by atoms with E-state index in [1.165, 1.54) is 23.7 Å². The molecule has 1 saturated carbocycles. The van der Waals surface area contributed by atoms with Crippen molar-refractivity contribution in [3.63, 3.8) is 0 Å². The van der Waals surface area contributed by atoms with Crippen LogP contribution in [-0.2, 0) is 17.8 Å². The summed E-state index contributed by atoms with van der Waals surface area (Å²) >= 11 is 1.18. The molecule has 1 fully saturated rings. The van der Waals surface area contributed by atoms with Crippen LogP contribution >= 0.6 is 11.3 Å². The zero-order valence-corrected chi connectivity index (χ0v) is 22.5. The zero-order valence-electron chi connectivity index (χ0n) is 21.7. The number of hydrogen-bond acceptors (Lipinski definition) is 7. The van der Waals surface area contributed by atoms with E-state index in [1.54, 1.807) is 12.1 Å². The molecule has 0 aliphatic heterocycles. The number of nitrogens with one attached hydrogen (secondary N) is 2. The Morgan fingerprint density at radius 1 is 1.21 bits per heavy atom. The Morgan fingerprint density at radius 3 is 2.62 bits per heavy atom. The van der Waals surface area contributed by atoms with Gasteiger partial charge < -0.3 is 19.9 Å². The van der Waals surface area contributed by atoms with Gasteiger partial charge in [-0.25, -0.2) is 13.8 Å². The van der Waals surface area contributed by atoms with Crippen LogP contribution in [-0.4, -0.2) is 39.7 Å². The summed E-state index contributed by atoms with van der Waals surface area (Å²) in [6.07, 6.45) is 2.46. The molecule has 11 heteroatoms. The molecule has 8 nitrogen and oxygen atoms in total. The maximum atomic E-state index is 14.2. The largest absolute Gasteiger partial charge is 0.467 e. The van der Waals surface area contributed by atoms with E-state index in [9.17, 15) is 28.6 Å². The Hall–Kier alpha value is -3.15. The number of aliphatic hydroxyl groups excluding tert-OH is 2. The lowest BCUT2D eigenvalue weighted by atomic mass is 9.47. The molecule has 0 radical (unpaired) electrons. The van der Waals surface area contributed by atoms with E-state index in [2.05, 4.69) is 22.5 Å². The molecule has 5 atom stereocenters. The van der Waals surface area contributed by atoms with Gasteiger partial charge in [-0.3, -0.25) is 14.9 Å². The van der Waals surface area contributed by atoms with E-state index in [4.69, 9.17) is 4.42 Å². The molecule has 5 rings (SSSR count). The third-order valence-electron chi connectivity index (χ3n) is 8.73. The Balaban J connectivity index is 1.48. The molecule has 2 heterocycles. The van der Waals surface area contributed by atoms with Gasteiger partial charge in [-0.05, 0) is 54.9 Å². The van der Waals surface area contributed by atoms with Crippen LogP contribution in [0.5, 0.6) is 0 Å². The number of carbonyl (C=O) groups excluding carboxylic acids is 2. The smallest absolute Gasteiger partial charge is 0.263 e. The van der Waals surface area contributed by atoms with Crippen molar-refractivity contribution >= 4 is 28.3 Å². The van der Waals surface area contributed by atoms with Gasteiger partial charge in [0, 0.05) is 22.6 Å². The molecule has 0 spiro atoms. The first-order valence-corrected chi connectivity index (χ1v) is 13.7. The molecular weight excluding hydrogens is 528 g/mol. The van der Waals surface area contributed by atoms with Crippen LogP contribution in [0.15, 0.2) is 41.0 Å². The van der Waals surface area contributed by atoms with Crippen LogP contribution in [0.25, 0.3) is 0 Å². The van der Waals surface area contributed by atoms with E-state index in [0.29, 0.717) is 30.7 Å². The molecule has 0 saturated heterocycles. The number of carbonyl (C=O) groups is 2. The zero-order chi connectivity index (χ0) is 27.9. The summed E-state index contributed by atoms with van der Waals surface area (Å²) in [4.78, 5) is 31.4. The molecule has 4 N–H and O–H groups in total. The summed E-state index contributed by atoms with van der Waals surface area (Å²) in [5.41, 5.74) is -1.35. The molecule has 2 aliphatic carbocycles. The van der Waals surface area contributed by atoms with Crippen molar-refractivity contribution in [3.8, 4) is 0 Å². The van der Waals surface area contributed by atoms with Crippen molar-refractivity contribution in [2.75, 3.05) is 11.9 Å². The highest BCUT2D eigenvalue weighted by Crippen LogP contribution is 2.62. The average molecular weight is 560 g/mol. The summed E-state index contributed by atoms with van der Waals surface area (Å²) in [6.45, 7) is 3.93. The average Bonchev–Trinajstić information content (AvgIpc) is 3.56. The van der Waals surface area contributed by atoms with Gasteiger partial charge in [-0.2, -0.15) is 0 Å². The van der Waals surface area contributed by atoms with Gasteiger partial charge in [0.2, 0.25) is 5.91 Å². The Kier molecular flexibility index (Phi) is 7.34. The topological polar surface area (TPSA) is 125 Å². The summed E-state index contributed by atoms with van der Waals surface area (Å²) in [5, 5.41) is 26.9. The standard InChI is InChI=1S/C28H31F2N3O5S/c1-27-9-8-21(35)28(2,14-34)20(27)12-19-24(16(27)11-22(36)31-13-15-5-4-10-38-15)32-26(39-19)33-25(37)23-17(29)6-3-7-18(23)30/h3-7,10,16,20-21,34-35H,8-9,11-14H2,1-2H3,(H,31,36)(H,32,33,37). The maximum absolute atomic E-state index is 14.2. The van der Waals surface area contributed by atoms with Crippen molar-refractivity contribution in [2.45, 2.75) is 58.1 Å². The van der Waals surface area contributed by atoms with Crippen LogP contribution in [0.1, 0.15) is 65.7 Å². The number of benzene rings is 1. The van der Waals surface area contributed by atoms with Gasteiger partial charge in [-0.1, -0.05) is 19.9 Å². The van der Waals surface area contributed by atoms with Crippen LogP contribution in [0.2, 0.25) is 0 Å². The quantitative estimate of drug-likeness (QED) is 0.340. The third-order valence-corrected chi connectivity index (χ3v) is 9.74. The predicted molar refractivity (Wildman–Crippen MR) is 140 cm³/mol. The van der Waals surface area contributed by atoms with Crippen molar-refractivity contribution in [2.24, 2.45) is 16.7 Å². The van der Waals surface area contributed by atoms with Crippen molar-refractivity contribution in [3.05, 3.63) is 70.1 Å². The molecule has 0 bridgehead atoms. The molecule has 1 aromatic carbocycles. The number of nitrogens with zero attached hydrogens (tertiary/aromatic N) is 1. The molecule has 208 valence electrons. The molecule has 2 aromatic heterocycles. The van der Waals surface area contributed by atoms with E-state index >= 15 is 0 Å². The first-order valence-electron chi connectivity index (χ1n) is 12.9. The predicted octanol–water partition coefficient (Wildman–Crippen LogP) is 4.39. The van der Waals surface area contributed by atoms with E-state index in [-0.39, 0.29) is 42.4 Å². The number of anilines is 1. The summed E-state index contributed by atoms with van der Waals surface area (Å²) < 4.78 is 33.7. The van der Waals surface area contributed by atoms with Gasteiger partial charge in [0.15, 0.2) is 5.13 Å². The number of rotatable bonds is 7. The lowest BCUT2D eigenvalue weighted by molar-refractivity contribution is -0.144. The maximum Gasteiger partial charge on any atom is 0.263 e. The van der Waals surface area contributed by atoms with Gasteiger partial charge in [-0.15, -0.1) is 11.3 Å². The van der Waals surface area contributed by atoms with Crippen LogP contribution in [0.3, 0.4) is 0 Å². The summed E-state index contributed by atoms with van der Waals surface area (Å²) in [6, 6.07) is 6.70. The third kappa shape index (κ3) is 4.87. The molecular formula is C28H31F2N3O5S. The Morgan fingerprint density at radius 2 is 1.95 bits per heavy atom. The highest BCUT2D eigenvalue weighted by molar-refractivity contribution is 7.15. The highest BCUT2D eigenvalue weighted by atomic mass is 32.1. The monoisotopic (exact) mass is 559 g/mol. The lowest BCUT2D eigenvalue weighted by Crippen LogP contribution is -2.57. The van der Waals surface area contributed by atoms with Crippen LogP contribution in [0, 0.1) is 28.4 Å². The molecule has 39 heavy (non-hydrogen) atoms. The number of thiazole rings is 1. The van der Waals surface area contributed by atoms with Gasteiger partial charge in [0.1, 0.15) is 23.0 Å². The number of hydrogen-bond donors (Lipinski definition) is 4. The second-order valence-electron chi connectivity index (χ2n) is 11.0. The molecule has 2 amide bonds. The second-order valence-corrected chi connectivity index (χ2v) is 12.1. The van der Waals surface area contributed by atoms with E-state index < -0.39 is 40.0 Å². The fourth-order valence-corrected chi connectivity index (χ4v) is 7.49. The van der Waals surface area contributed by atoms with Crippen LogP contribution < -0.4 is 10.6 Å². The first kappa shape index (κ1) is 27.4. The number of aromatic nitrogens is 1. The van der Waals surface area contributed by atoms with Gasteiger partial charge in [0.25, 0.3) is 5.91 Å². The minimum absolute atomic E-state index is 0.0946. The van der Waals surface area contributed by atoms with Crippen molar-refractivity contribution < 1.29 is 33.0 Å². The Bertz CT molecular complexity index is 1360. The van der Waals surface area contributed by atoms with Crippen molar-refractivity contribution in [1.29, 1.82) is 0 Å². The first-order chi connectivity index (χ1) is 18.6. The van der Waals surface area contributed by atoms with Gasteiger partial charge in [0.05, 0.1) is 31.2 Å². The van der Waals surface area contributed by atoms with E-state index in [0.717, 1.165) is 17.0 Å². The normalized spacial score (nSPS) is 27.9. The van der Waals surface area contributed by atoms with Gasteiger partial charge >= 0.3 is 0 Å². The number of halogens is 2. The SMILES string of the molecule is CC1(CO)C(O)CCC2(C)C(CC(=O)NCc3ccco3)c3nc(NC(=O)c4c(F)cccc4F)sc3CC12. The molecule has 5 unspecified atom stereocenters. The Labute approximate surface area is 228 Å². The highest BCUT2D eigenvalue weighted by Gasteiger charge is 2.59. The summed E-state index contributed by atoms with van der Waals surface area (Å²) in [7, 11) is 0. The number of fused-ring (bicyclic) bond motifs is 2. The van der Waals surface area contributed by atoms with E-state index in [1.807, 2.05) is 6.92 Å². The number of furan rings is 1.